The van der Waals surface area contributed by atoms with Gasteiger partial charge in [-0.25, -0.2) is 0 Å². The minimum atomic E-state index is 1.13. The Kier molecular flexibility index (Phi) is 4.40. The largest absolute Gasteiger partial charge is 0.309 e. The van der Waals surface area contributed by atoms with Crippen LogP contribution in [0.2, 0.25) is 0 Å². The molecule has 0 aromatic heterocycles. The molecular weight excluding hydrogens is 196 g/mol. The van der Waals surface area contributed by atoms with Gasteiger partial charge in [0.1, 0.15) is 0 Å². The van der Waals surface area contributed by atoms with Crippen LogP contribution < -0.4 is 0 Å². The van der Waals surface area contributed by atoms with E-state index in [0.717, 1.165) is 11.1 Å². The summed E-state index contributed by atoms with van der Waals surface area (Å²) in [6, 6.07) is 4.07. The summed E-state index contributed by atoms with van der Waals surface area (Å²) in [5, 5.41) is 13.9. The van der Waals surface area contributed by atoms with E-state index in [1.165, 1.54) is 23.6 Å². The highest BCUT2D eigenvalue weighted by Crippen LogP contribution is 2.19. The third kappa shape index (κ3) is 2.76. The Labute approximate surface area is 96.3 Å². The van der Waals surface area contributed by atoms with Crippen LogP contribution in [-0.2, 0) is 0 Å². The highest BCUT2D eigenvalue weighted by atomic mass is 14.3. The van der Waals surface area contributed by atoms with Crippen LogP contribution in [0.15, 0.2) is 24.3 Å². The van der Waals surface area contributed by atoms with Crippen LogP contribution in [0.25, 0.3) is 12.2 Å². The zero-order chi connectivity index (χ0) is 12.0. The fourth-order valence-corrected chi connectivity index (χ4v) is 1.53. The lowest BCUT2D eigenvalue weighted by molar-refractivity contribution is 1.31. The van der Waals surface area contributed by atoms with E-state index < -0.39 is 0 Å². The van der Waals surface area contributed by atoms with Gasteiger partial charge < -0.3 is 10.8 Å². The summed E-state index contributed by atoms with van der Waals surface area (Å²) in [5.74, 6) is 0. The monoisotopic (exact) mass is 212 g/mol. The molecule has 0 saturated heterocycles. The van der Waals surface area contributed by atoms with E-state index in [1.54, 1.807) is 12.2 Å². The lowest BCUT2D eigenvalue weighted by Gasteiger charge is -2.08. The maximum atomic E-state index is 6.96. The first-order valence-electron chi connectivity index (χ1n) is 5.15. The number of allylic oxidation sites excluding steroid dienone is 2. The molecule has 2 heteroatoms. The highest BCUT2D eigenvalue weighted by Gasteiger charge is 2.01. The van der Waals surface area contributed by atoms with Gasteiger partial charge in [0.05, 0.1) is 0 Å². The fourth-order valence-electron chi connectivity index (χ4n) is 1.53. The van der Waals surface area contributed by atoms with Gasteiger partial charge in [-0.3, -0.25) is 0 Å². The van der Waals surface area contributed by atoms with E-state index in [4.69, 9.17) is 10.8 Å². The Balaban J connectivity index is 3.17. The van der Waals surface area contributed by atoms with Crippen molar-refractivity contribution in [3.63, 3.8) is 0 Å². The number of hydrogen-bond acceptors (Lipinski definition) is 2. The maximum Gasteiger partial charge on any atom is 0.0177 e. The van der Waals surface area contributed by atoms with Crippen molar-refractivity contribution in [2.75, 3.05) is 0 Å². The van der Waals surface area contributed by atoms with Gasteiger partial charge in [-0.05, 0) is 48.3 Å². The molecule has 0 amide bonds. The molecule has 0 saturated carbocycles. The van der Waals surface area contributed by atoms with Crippen LogP contribution in [0.3, 0.4) is 0 Å². The first kappa shape index (κ1) is 12.1. The van der Waals surface area contributed by atoms with Gasteiger partial charge in [-0.1, -0.05) is 24.3 Å². The van der Waals surface area contributed by atoms with Crippen molar-refractivity contribution in [3.8, 4) is 0 Å². The summed E-state index contributed by atoms with van der Waals surface area (Å²) in [7, 11) is 0. The molecule has 1 aromatic rings. The Morgan fingerprint density at radius 2 is 1.19 bits per heavy atom. The van der Waals surface area contributed by atoms with Crippen LogP contribution in [0.5, 0.6) is 0 Å². The van der Waals surface area contributed by atoms with Crippen LogP contribution in [0, 0.1) is 24.7 Å². The van der Waals surface area contributed by atoms with E-state index in [2.05, 4.69) is 13.8 Å². The molecule has 1 aromatic carbocycles. The first-order valence-corrected chi connectivity index (χ1v) is 5.15. The highest BCUT2D eigenvalue weighted by molar-refractivity contribution is 5.79. The average molecular weight is 212 g/mol. The molecule has 2 nitrogen and oxygen atoms in total. The summed E-state index contributed by atoms with van der Waals surface area (Å²) in [6.45, 7) is 4.14. The van der Waals surface area contributed by atoms with Crippen LogP contribution in [0.1, 0.15) is 22.3 Å². The molecule has 0 radical (unpaired) electrons. The van der Waals surface area contributed by atoms with Gasteiger partial charge in [-0.2, -0.15) is 0 Å². The third-order valence-electron chi connectivity index (χ3n) is 2.61. The predicted octanol–water partition coefficient (Wildman–Crippen LogP) is 3.63. The second kappa shape index (κ2) is 5.81. The van der Waals surface area contributed by atoms with E-state index in [-0.39, 0.29) is 0 Å². The van der Waals surface area contributed by atoms with E-state index in [9.17, 15) is 0 Å². The predicted molar refractivity (Wildman–Crippen MR) is 71.6 cm³/mol. The van der Waals surface area contributed by atoms with Crippen LogP contribution in [0.4, 0.5) is 0 Å². The van der Waals surface area contributed by atoms with Crippen molar-refractivity contribution in [3.05, 3.63) is 46.5 Å². The first-order chi connectivity index (χ1) is 7.70. The molecule has 0 heterocycles. The molecule has 1 rings (SSSR count). The summed E-state index contributed by atoms with van der Waals surface area (Å²) in [5.41, 5.74) is 4.69. The van der Waals surface area contributed by atoms with Crippen molar-refractivity contribution >= 4 is 24.6 Å². The quantitative estimate of drug-likeness (QED) is 0.716. The van der Waals surface area contributed by atoms with Crippen molar-refractivity contribution in [2.45, 2.75) is 13.8 Å². The van der Waals surface area contributed by atoms with Crippen LogP contribution >= 0.6 is 0 Å². The molecule has 0 bridgehead atoms. The molecule has 0 spiro atoms. The summed E-state index contributed by atoms with van der Waals surface area (Å²) in [4.78, 5) is 0. The summed E-state index contributed by atoms with van der Waals surface area (Å²) in [6.07, 6.45) is 9.85. The minimum absolute atomic E-state index is 1.13. The molecule has 82 valence electrons. The van der Waals surface area contributed by atoms with E-state index >= 15 is 0 Å². The second-order valence-corrected chi connectivity index (χ2v) is 3.55. The van der Waals surface area contributed by atoms with E-state index in [1.807, 2.05) is 24.3 Å². The molecule has 0 unspecified atom stereocenters. The number of hydrogen-bond donors (Lipinski definition) is 2. The zero-order valence-electron chi connectivity index (χ0n) is 9.62. The van der Waals surface area contributed by atoms with Gasteiger partial charge >= 0.3 is 0 Å². The molecule has 0 aliphatic heterocycles. The molecule has 0 atom stereocenters. The molecule has 0 aliphatic rings. The van der Waals surface area contributed by atoms with Gasteiger partial charge in [0.15, 0.2) is 0 Å². The zero-order valence-corrected chi connectivity index (χ0v) is 9.62. The van der Waals surface area contributed by atoms with E-state index in [0.29, 0.717) is 0 Å². The minimum Gasteiger partial charge on any atom is -0.309 e. The van der Waals surface area contributed by atoms with Crippen LogP contribution in [-0.4, -0.2) is 12.4 Å². The third-order valence-corrected chi connectivity index (χ3v) is 2.61. The lowest BCUT2D eigenvalue weighted by atomic mass is 9.97. The van der Waals surface area contributed by atoms with Crippen molar-refractivity contribution < 1.29 is 0 Å². The standard InChI is InChI=1S/C14H16N2/c1-11-12(2)14(6-4-10-16)8-7-13(11)5-3-9-15/h3-10,15-16H,1-2H3/b5-3-,6-4-,15-9?,16-10?. The van der Waals surface area contributed by atoms with Gasteiger partial charge in [0.2, 0.25) is 0 Å². The maximum absolute atomic E-state index is 6.96. The lowest BCUT2D eigenvalue weighted by Crippen LogP contribution is -1.90. The fraction of sp³-hybridized carbons (Fsp3) is 0.143. The number of rotatable bonds is 4. The normalized spacial score (nSPS) is 11.1. The molecule has 16 heavy (non-hydrogen) atoms. The molecule has 0 aliphatic carbocycles. The Bertz CT molecular complexity index is 411. The topological polar surface area (TPSA) is 47.7 Å². The second-order valence-electron chi connectivity index (χ2n) is 3.55. The smallest absolute Gasteiger partial charge is 0.0177 e. The molecule has 2 N–H and O–H groups in total. The average Bonchev–Trinajstić information content (AvgIpc) is 2.30. The van der Waals surface area contributed by atoms with Gasteiger partial charge in [-0.15, -0.1) is 0 Å². The number of benzene rings is 1. The Morgan fingerprint density at radius 3 is 1.50 bits per heavy atom. The van der Waals surface area contributed by atoms with Crippen molar-refractivity contribution in [1.29, 1.82) is 10.8 Å². The molecule has 0 fully saturated rings. The summed E-state index contributed by atoms with van der Waals surface area (Å²) < 4.78 is 0. The Hall–Kier alpha value is -1.96. The van der Waals surface area contributed by atoms with Crippen molar-refractivity contribution in [2.24, 2.45) is 0 Å². The SMILES string of the molecule is Cc1c(/C=C\C=N)ccc(/C=C\C=N)c1C. The van der Waals surface area contributed by atoms with Gasteiger partial charge in [0, 0.05) is 12.4 Å². The molecular formula is C14H16N2. The van der Waals surface area contributed by atoms with Gasteiger partial charge in [0.25, 0.3) is 0 Å². The van der Waals surface area contributed by atoms with Crippen molar-refractivity contribution in [1.82, 2.24) is 0 Å². The Morgan fingerprint density at radius 1 is 0.812 bits per heavy atom. The number of nitrogens with one attached hydrogen (secondary N) is 2. The summed E-state index contributed by atoms with van der Waals surface area (Å²) >= 11 is 0.